The number of imide groups is 1. The second-order valence-electron chi connectivity index (χ2n) is 5.21. The minimum atomic E-state index is -1.18. The second kappa shape index (κ2) is 7.09. The van der Waals surface area contributed by atoms with Crippen molar-refractivity contribution in [2.45, 2.75) is 6.92 Å². The van der Waals surface area contributed by atoms with Crippen LogP contribution in [0.25, 0.3) is 11.5 Å². The van der Waals surface area contributed by atoms with Gasteiger partial charge in [-0.25, -0.2) is 13.6 Å². The summed E-state index contributed by atoms with van der Waals surface area (Å²) in [6.07, 6.45) is 0. The average molecular weight is 358 g/mol. The van der Waals surface area contributed by atoms with Crippen molar-refractivity contribution in [2.75, 3.05) is 5.32 Å². The number of anilines is 1. The smallest absolute Gasteiger partial charge is 0.326 e. The third-order valence-corrected chi connectivity index (χ3v) is 3.33. The Morgan fingerprint density at radius 1 is 1.00 bits per heavy atom. The summed E-state index contributed by atoms with van der Waals surface area (Å²) >= 11 is 0. The van der Waals surface area contributed by atoms with Gasteiger partial charge < -0.3 is 9.73 Å². The molecule has 3 aromatic rings. The summed E-state index contributed by atoms with van der Waals surface area (Å²) in [6.45, 7) is 1.66. The van der Waals surface area contributed by atoms with E-state index in [2.05, 4.69) is 15.5 Å². The van der Waals surface area contributed by atoms with E-state index in [1.165, 1.54) is 0 Å². The molecule has 2 aromatic carbocycles. The van der Waals surface area contributed by atoms with E-state index in [0.29, 0.717) is 23.0 Å². The average Bonchev–Trinajstić information content (AvgIpc) is 3.01. The Kier molecular flexibility index (Phi) is 4.70. The SMILES string of the molecule is Cc1nnc(-c2ccc(NC(=O)NC(=O)c3c(F)cccc3F)cc2)o1. The Morgan fingerprint density at radius 3 is 2.23 bits per heavy atom. The fourth-order valence-electron chi connectivity index (χ4n) is 2.15. The Labute approximate surface area is 146 Å². The van der Waals surface area contributed by atoms with E-state index in [1.807, 2.05) is 5.32 Å². The van der Waals surface area contributed by atoms with Crippen molar-refractivity contribution in [3.8, 4) is 11.5 Å². The summed E-state index contributed by atoms with van der Waals surface area (Å²) in [4.78, 5) is 23.7. The van der Waals surface area contributed by atoms with Crippen molar-refractivity contribution < 1.29 is 22.8 Å². The van der Waals surface area contributed by atoms with Crippen LogP contribution in [0.3, 0.4) is 0 Å². The fraction of sp³-hybridized carbons (Fsp3) is 0.0588. The van der Waals surface area contributed by atoms with Crippen LogP contribution in [0, 0.1) is 18.6 Å². The molecule has 0 atom stereocenters. The Hall–Kier alpha value is -3.62. The molecule has 2 N–H and O–H groups in total. The van der Waals surface area contributed by atoms with E-state index < -0.39 is 29.1 Å². The molecule has 0 spiro atoms. The molecular weight excluding hydrogens is 346 g/mol. The second-order valence-corrected chi connectivity index (χ2v) is 5.21. The van der Waals surface area contributed by atoms with Gasteiger partial charge >= 0.3 is 6.03 Å². The summed E-state index contributed by atoms with van der Waals surface area (Å²) in [6, 6.07) is 8.38. The molecule has 26 heavy (non-hydrogen) atoms. The van der Waals surface area contributed by atoms with Gasteiger partial charge in [-0.2, -0.15) is 0 Å². The first-order valence-electron chi connectivity index (χ1n) is 7.41. The van der Waals surface area contributed by atoms with Gasteiger partial charge in [-0.05, 0) is 36.4 Å². The van der Waals surface area contributed by atoms with E-state index in [-0.39, 0.29) is 0 Å². The number of halogens is 2. The third kappa shape index (κ3) is 3.72. The number of benzene rings is 2. The number of carbonyl (C=O) groups excluding carboxylic acids is 2. The van der Waals surface area contributed by atoms with E-state index in [9.17, 15) is 18.4 Å². The molecule has 7 nitrogen and oxygen atoms in total. The lowest BCUT2D eigenvalue weighted by atomic mass is 10.2. The van der Waals surface area contributed by atoms with E-state index in [0.717, 1.165) is 18.2 Å². The van der Waals surface area contributed by atoms with Crippen LogP contribution in [0.5, 0.6) is 0 Å². The number of aromatic nitrogens is 2. The van der Waals surface area contributed by atoms with Crippen molar-refractivity contribution >= 4 is 17.6 Å². The van der Waals surface area contributed by atoms with Crippen molar-refractivity contribution in [1.29, 1.82) is 0 Å². The van der Waals surface area contributed by atoms with Gasteiger partial charge in [-0.15, -0.1) is 10.2 Å². The third-order valence-electron chi connectivity index (χ3n) is 3.33. The zero-order valence-corrected chi connectivity index (χ0v) is 13.4. The number of aryl methyl sites for hydroxylation is 1. The van der Waals surface area contributed by atoms with Crippen molar-refractivity contribution in [3.05, 3.63) is 65.6 Å². The standard InChI is InChI=1S/C17H12F2N4O3/c1-9-22-23-16(26-9)10-5-7-11(8-6-10)20-17(25)21-15(24)14-12(18)3-2-4-13(14)19/h2-8H,1H3,(H2,20,21,24,25). The van der Waals surface area contributed by atoms with Gasteiger partial charge in [0, 0.05) is 18.2 Å². The summed E-state index contributed by atoms with van der Waals surface area (Å²) < 4.78 is 32.3. The number of amides is 3. The number of carbonyl (C=O) groups is 2. The van der Waals surface area contributed by atoms with Gasteiger partial charge in [-0.3, -0.25) is 10.1 Å². The first kappa shape index (κ1) is 17.2. The number of urea groups is 1. The highest BCUT2D eigenvalue weighted by atomic mass is 19.1. The van der Waals surface area contributed by atoms with Crippen LogP contribution in [0.15, 0.2) is 46.9 Å². The normalized spacial score (nSPS) is 10.4. The Morgan fingerprint density at radius 2 is 1.65 bits per heavy atom. The lowest BCUT2D eigenvalue weighted by molar-refractivity contribution is 0.0959. The zero-order chi connectivity index (χ0) is 18.7. The topological polar surface area (TPSA) is 97.1 Å². The largest absolute Gasteiger partial charge is 0.421 e. The summed E-state index contributed by atoms with van der Waals surface area (Å²) in [5.74, 6) is -2.57. The highest BCUT2D eigenvalue weighted by molar-refractivity contribution is 6.08. The first-order valence-corrected chi connectivity index (χ1v) is 7.41. The van der Waals surface area contributed by atoms with Crippen molar-refractivity contribution in [1.82, 2.24) is 15.5 Å². The van der Waals surface area contributed by atoms with Crippen LogP contribution < -0.4 is 10.6 Å². The number of hydrogen-bond donors (Lipinski definition) is 2. The summed E-state index contributed by atoms with van der Waals surface area (Å²) in [5.41, 5.74) is 0.162. The predicted molar refractivity (Wildman–Crippen MR) is 87.3 cm³/mol. The molecule has 0 unspecified atom stereocenters. The first-order chi connectivity index (χ1) is 12.4. The predicted octanol–water partition coefficient (Wildman–Crippen LogP) is 3.29. The van der Waals surface area contributed by atoms with Crippen LogP contribution in [-0.4, -0.2) is 22.1 Å². The van der Waals surface area contributed by atoms with Gasteiger partial charge in [0.1, 0.15) is 17.2 Å². The molecule has 0 saturated carbocycles. The number of rotatable bonds is 3. The molecule has 3 amide bonds. The molecule has 0 saturated heterocycles. The van der Waals surface area contributed by atoms with Gasteiger partial charge in [0.25, 0.3) is 5.91 Å². The molecule has 132 valence electrons. The monoisotopic (exact) mass is 358 g/mol. The molecule has 3 rings (SSSR count). The molecule has 0 aliphatic carbocycles. The molecule has 0 aliphatic rings. The van der Waals surface area contributed by atoms with Crippen molar-refractivity contribution in [3.63, 3.8) is 0 Å². The highest BCUT2D eigenvalue weighted by Crippen LogP contribution is 2.20. The van der Waals surface area contributed by atoms with E-state index in [4.69, 9.17) is 4.42 Å². The quantitative estimate of drug-likeness (QED) is 0.749. The van der Waals surface area contributed by atoms with Gasteiger partial charge in [0.05, 0.1) is 0 Å². The summed E-state index contributed by atoms with van der Waals surface area (Å²) in [7, 11) is 0. The minimum absolute atomic E-state index is 0.323. The van der Waals surface area contributed by atoms with Crippen LogP contribution in [-0.2, 0) is 0 Å². The number of hydrogen-bond acceptors (Lipinski definition) is 5. The maximum atomic E-state index is 13.5. The molecule has 0 radical (unpaired) electrons. The molecule has 1 heterocycles. The molecule has 0 bridgehead atoms. The Bertz CT molecular complexity index is 950. The molecule has 0 aliphatic heterocycles. The van der Waals surface area contributed by atoms with Crippen LogP contribution in [0.1, 0.15) is 16.2 Å². The van der Waals surface area contributed by atoms with E-state index >= 15 is 0 Å². The number of nitrogens with zero attached hydrogens (tertiary/aromatic N) is 2. The van der Waals surface area contributed by atoms with Gasteiger partial charge in [-0.1, -0.05) is 6.07 Å². The van der Waals surface area contributed by atoms with Gasteiger partial charge in [0.2, 0.25) is 11.8 Å². The van der Waals surface area contributed by atoms with Crippen LogP contribution in [0.2, 0.25) is 0 Å². The molecule has 9 heteroatoms. The van der Waals surface area contributed by atoms with Crippen molar-refractivity contribution in [2.24, 2.45) is 0 Å². The Balaban J connectivity index is 1.65. The zero-order valence-electron chi connectivity index (χ0n) is 13.4. The lowest BCUT2D eigenvalue weighted by Gasteiger charge is -2.08. The van der Waals surface area contributed by atoms with Crippen LogP contribution >= 0.6 is 0 Å². The fourth-order valence-corrected chi connectivity index (χ4v) is 2.15. The van der Waals surface area contributed by atoms with Gasteiger partial charge in [0.15, 0.2) is 0 Å². The minimum Gasteiger partial charge on any atom is -0.421 e. The highest BCUT2D eigenvalue weighted by Gasteiger charge is 2.19. The van der Waals surface area contributed by atoms with E-state index in [1.54, 1.807) is 31.2 Å². The lowest BCUT2D eigenvalue weighted by Crippen LogP contribution is -2.35. The molecule has 1 aromatic heterocycles. The van der Waals surface area contributed by atoms with Crippen LogP contribution in [0.4, 0.5) is 19.3 Å². The molecular formula is C17H12F2N4O3. The number of nitrogens with one attached hydrogen (secondary N) is 2. The maximum Gasteiger partial charge on any atom is 0.326 e. The summed E-state index contributed by atoms with van der Waals surface area (Å²) in [5, 5.41) is 11.8. The molecule has 0 fully saturated rings. The maximum absolute atomic E-state index is 13.5.